The monoisotopic (exact) mass is 289 g/mol. The molecule has 6 heteroatoms. The van der Waals surface area contributed by atoms with Crippen molar-refractivity contribution in [3.8, 4) is 0 Å². The van der Waals surface area contributed by atoms with E-state index in [0.717, 1.165) is 17.0 Å². The lowest BCUT2D eigenvalue weighted by Gasteiger charge is -2.16. The highest BCUT2D eigenvalue weighted by Crippen LogP contribution is 2.29. The van der Waals surface area contributed by atoms with Crippen molar-refractivity contribution >= 4 is 33.3 Å². The maximum atomic E-state index is 13.5. The molecule has 1 saturated heterocycles. The summed E-state index contributed by atoms with van der Waals surface area (Å²) in [6.45, 7) is 0.0210. The normalized spacial score (nSPS) is 16.1. The Morgan fingerprint density at radius 1 is 1.19 bits per heavy atom. The Morgan fingerprint density at radius 2 is 1.75 bits per heavy atom. The van der Waals surface area contributed by atoms with Crippen molar-refractivity contribution in [1.29, 1.82) is 0 Å². The Labute approximate surface area is 98.2 Å². The quantitative estimate of drug-likeness (QED) is 0.742. The van der Waals surface area contributed by atoms with Gasteiger partial charge in [-0.1, -0.05) is 15.9 Å². The van der Waals surface area contributed by atoms with Gasteiger partial charge in [-0.15, -0.1) is 0 Å². The van der Waals surface area contributed by atoms with E-state index in [1.165, 1.54) is 0 Å². The smallest absolute Gasteiger partial charge is 0.294 e. The third kappa shape index (κ3) is 1.73. The molecule has 1 aromatic carbocycles. The molecule has 1 heterocycles. The van der Waals surface area contributed by atoms with Crippen molar-refractivity contribution in [3.05, 3.63) is 28.2 Å². The van der Waals surface area contributed by atoms with Gasteiger partial charge in [0.1, 0.15) is 5.69 Å². The van der Waals surface area contributed by atoms with Crippen LogP contribution in [0.3, 0.4) is 0 Å². The van der Waals surface area contributed by atoms with Gasteiger partial charge in [0.15, 0.2) is 11.6 Å². The van der Waals surface area contributed by atoms with Crippen molar-refractivity contribution in [2.45, 2.75) is 6.42 Å². The molecule has 1 fully saturated rings. The maximum Gasteiger partial charge on any atom is 0.294 e. The first-order chi connectivity index (χ1) is 7.50. The largest absolute Gasteiger partial charge is 0.300 e. The predicted molar refractivity (Wildman–Crippen MR) is 56.0 cm³/mol. The van der Waals surface area contributed by atoms with Gasteiger partial charge in [0, 0.05) is 17.4 Å². The molecule has 0 aliphatic carbocycles. The molecule has 0 atom stereocenters. The molecule has 0 unspecified atom stereocenters. The summed E-state index contributed by atoms with van der Waals surface area (Å²) in [6, 6.07) is 2.10. The van der Waals surface area contributed by atoms with Gasteiger partial charge >= 0.3 is 0 Å². The minimum absolute atomic E-state index is 0.00617. The predicted octanol–water partition coefficient (Wildman–Crippen LogP) is 2.03. The molecule has 0 spiro atoms. The van der Waals surface area contributed by atoms with E-state index in [4.69, 9.17) is 0 Å². The summed E-state index contributed by atoms with van der Waals surface area (Å²) in [7, 11) is 0. The number of halogens is 3. The lowest BCUT2D eigenvalue weighted by Crippen LogP contribution is -2.28. The molecule has 84 valence electrons. The van der Waals surface area contributed by atoms with Crippen LogP contribution in [0.1, 0.15) is 6.42 Å². The minimum atomic E-state index is -0.866. The van der Waals surface area contributed by atoms with Gasteiger partial charge in [-0.2, -0.15) is 0 Å². The molecule has 0 bridgehead atoms. The summed E-state index contributed by atoms with van der Waals surface area (Å²) >= 11 is 2.93. The lowest BCUT2D eigenvalue weighted by atomic mass is 10.2. The number of benzene rings is 1. The third-order valence-corrected chi connectivity index (χ3v) is 2.76. The second kappa shape index (κ2) is 3.93. The van der Waals surface area contributed by atoms with Crippen LogP contribution in [0.2, 0.25) is 0 Å². The number of anilines is 1. The van der Waals surface area contributed by atoms with Gasteiger partial charge in [0.25, 0.3) is 5.91 Å². The van der Waals surface area contributed by atoms with E-state index >= 15 is 0 Å². The number of amides is 1. The van der Waals surface area contributed by atoms with Crippen molar-refractivity contribution in [2.75, 3.05) is 11.4 Å². The molecular weight excluding hydrogens is 284 g/mol. The summed E-state index contributed by atoms with van der Waals surface area (Å²) in [5.74, 6) is -3.22. The molecule has 1 aliphatic rings. The van der Waals surface area contributed by atoms with Crippen LogP contribution in [0.15, 0.2) is 16.6 Å². The van der Waals surface area contributed by atoms with Crippen LogP contribution >= 0.6 is 15.9 Å². The number of Topliss-reactive ketones (excluding diaryl/α,β-unsaturated/α-hetero) is 1. The summed E-state index contributed by atoms with van der Waals surface area (Å²) in [5.41, 5.74) is -0.459. The highest BCUT2D eigenvalue weighted by Gasteiger charge is 2.33. The van der Waals surface area contributed by atoms with Crippen LogP contribution in [0, 0.1) is 11.6 Å². The van der Waals surface area contributed by atoms with Crippen LogP contribution in [0.4, 0.5) is 14.5 Å². The van der Waals surface area contributed by atoms with E-state index < -0.39 is 29.0 Å². The van der Waals surface area contributed by atoms with Crippen LogP contribution in [0.25, 0.3) is 0 Å². The number of hydrogen-bond acceptors (Lipinski definition) is 2. The van der Waals surface area contributed by atoms with Crippen molar-refractivity contribution in [1.82, 2.24) is 0 Å². The van der Waals surface area contributed by atoms with Crippen molar-refractivity contribution in [2.24, 2.45) is 0 Å². The van der Waals surface area contributed by atoms with Gasteiger partial charge < -0.3 is 4.90 Å². The Balaban J connectivity index is 2.49. The first kappa shape index (κ1) is 11.2. The number of ketones is 1. The zero-order valence-corrected chi connectivity index (χ0v) is 9.55. The van der Waals surface area contributed by atoms with Crippen molar-refractivity contribution in [3.63, 3.8) is 0 Å². The summed E-state index contributed by atoms with van der Waals surface area (Å²) in [5, 5.41) is 0. The van der Waals surface area contributed by atoms with Gasteiger partial charge in [0.05, 0.1) is 0 Å². The maximum absolute atomic E-state index is 13.5. The first-order valence-corrected chi connectivity index (χ1v) is 5.29. The fourth-order valence-electron chi connectivity index (χ4n) is 1.58. The second-order valence-corrected chi connectivity index (χ2v) is 4.26. The fraction of sp³-hybridized carbons (Fsp3) is 0.200. The van der Waals surface area contributed by atoms with Crippen LogP contribution in [0.5, 0.6) is 0 Å². The first-order valence-electron chi connectivity index (χ1n) is 4.50. The van der Waals surface area contributed by atoms with E-state index in [1.807, 2.05) is 0 Å². The molecule has 0 radical (unpaired) electrons. The molecule has 1 amide bonds. The Bertz CT molecular complexity index is 467. The standard InChI is InChI=1S/C10H6BrF2NO2/c11-5-3-6(12)9(7(13)4-5)14-2-1-8(15)10(14)16/h3-4H,1-2H2. The molecule has 0 aromatic heterocycles. The number of carbonyl (C=O) groups is 2. The van der Waals surface area contributed by atoms with Gasteiger partial charge in [0.2, 0.25) is 5.78 Å². The topological polar surface area (TPSA) is 37.4 Å². The van der Waals surface area contributed by atoms with Gasteiger partial charge in [-0.05, 0) is 12.1 Å². The van der Waals surface area contributed by atoms with Gasteiger partial charge in [-0.3, -0.25) is 9.59 Å². The molecule has 3 nitrogen and oxygen atoms in total. The Hall–Kier alpha value is -1.30. The highest BCUT2D eigenvalue weighted by molar-refractivity contribution is 9.10. The van der Waals surface area contributed by atoms with E-state index in [-0.39, 0.29) is 17.4 Å². The highest BCUT2D eigenvalue weighted by atomic mass is 79.9. The number of hydrogen-bond donors (Lipinski definition) is 0. The van der Waals surface area contributed by atoms with E-state index in [0.29, 0.717) is 0 Å². The molecule has 1 aliphatic heterocycles. The fourth-order valence-corrected chi connectivity index (χ4v) is 1.98. The molecule has 0 N–H and O–H groups in total. The average Bonchev–Trinajstić information content (AvgIpc) is 2.48. The Morgan fingerprint density at radius 3 is 2.19 bits per heavy atom. The molecular formula is C10H6BrF2NO2. The zero-order chi connectivity index (χ0) is 11.9. The average molecular weight is 290 g/mol. The van der Waals surface area contributed by atoms with E-state index in [2.05, 4.69) is 15.9 Å². The molecule has 16 heavy (non-hydrogen) atoms. The molecule has 1 aromatic rings. The third-order valence-electron chi connectivity index (χ3n) is 2.30. The van der Waals surface area contributed by atoms with Crippen LogP contribution < -0.4 is 4.90 Å². The Kier molecular flexibility index (Phi) is 2.75. The van der Waals surface area contributed by atoms with Crippen molar-refractivity contribution < 1.29 is 18.4 Å². The SMILES string of the molecule is O=C1CCN(c2c(F)cc(Br)cc2F)C1=O. The van der Waals surface area contributed by atoms with Crippen LogP contribution in [-0.2, 0) is 9.59 Å². The molecule has 0 saturated carbocycles. The van der Waals surface area contributed by atoms with E-state index in [1.54, 1.807) is 0 Å². The van der Waals surface area contributed by atoms with E-state index in [9.17, 15) is 18.4 Å². The number of rotatable bonds is 1. The summed E-state index contributed by atoms with van der Waals surface area (Å²) in [6.07, 6.45) is -0.00617. The molecule has 2 rings (SSSR count). The summed E-state index contributed by atoms with van der Waals surface area (Å²) in [4.78, 5) is 23.2. The zero-order valence-electron chi connectivity index (χ0n) is 7.97. The number of carbonyl (C=O) groups excluding carboxylic acids is 2. The minimum Gasteiger partial charge on any atom is -0.300 e. The summed E-state index contributed by atoms with van der Waals surface area (Å²) < 4.78 is 27.2. The second-order valence-electron chi connectivity index (χ2n) is 3.35. The van der Waals surface area contributed by atoms with Crippen LogP contribution in [-0.4, -0.2) is 18.2 Å². The number of nitrogens with zero attached hydrogens (tertiary/aromatic N) is 1. The lowest BCUT2D eigenvalue weighted by molar-refractivity contribution is -0.133. The van der Waals surface area contributed by atoms with Gasteiger partial charge in [-0.25, -0.2) is 8.78 Å².